The second-order valence-corrected chi connectivity index (χ2v) is 7.02. The van der Waals surface area contributed by atoms with Gasteiger partial charge in [-0.15, -0.1) is 0 Å². The van der Waals surface area contributed by atoms with E-state index in [2.05, 4.69) is 26.4 Å². The van der Waals surface area contributed by atoms with Crippen LogP contribution in [0.3, 0.4) is 0 Å². The molecule has 3 aliphatic rings. The normalized spacial score (nSPS) is 33.2. The molecule has 1 amide bonds. The van der Waals surface area contributed by atoms with Crippen LogP contribution >= 0.6 is 0 Å². The smallest absolute Gasteiger partial charge is 0.226 e. The zero-order valence-electron chi connectivity index (χ0n) is 12.9. The van der Waals surface area contributed by atoms with Crippen LogP contribution in [0.5, 0.6) is 0 Å². The summed E-state index contributed by atoms with van der Waals surface area (Å²) in [7, 11) is 4.16. The summed E-state index contributed by atoms with van der Waals surface area (Å²) in [6, 6.07) is 0.223. The molecule has 5 heteroatoms. The molecule has 4 rings (SSSR count). The van der Waals surface area contributed by atoms with Crippen molar-refractivity contribution in [3.8, 4) is 0 Å². The largest absolute Gasteiger partial charge is 0.339 e. The first-order valence-electron chi connectivity index (χ1n) is 8.11. The van der Waals surface area contributed by atoms with E-state index in [-0.39, 0.29) is 6.04 Å². The van der Waals surface area contributed by atoms with Gasteiger partial charge in [0.25, 0.3) is 0 Å². The molecule has 21 heavy (non-hydrogen) atoms. The Labute approximate surface area is 125 Å². The summed E-state index contributed by atoms with van der Waals surface area (Å²) in [5, 5.41) is 0. The number of carbonyl (C=O) groups excluding carboxylic acids is 1. The Bertz CT molecular complexity index is 550. The van der Waals surface area contributed by atoms with Crippen molar-refractivity contribution < 1.29 is 4.79 Å². The second-order valence-electron chi connectivity index (χ2n) is 7.02. The van der Waals surface area contributed by atoms with Crippen molar-refractivity contribution >= 4 is 5.91 Å². The first-order valence-corrected chi connectivity index (χ1v) is 8.11. The fourth-order valence-corrected chi connectivity index (χ4v) is 3.83. The first-order chi connectivity index (χ1) is 10.1. The Hall–Kier alpha value is -1.36. The van der Waals surface area contributed by atoms with E-state index < -0.39 is 0 Å². The van der Waals surface area contributed by atoms with Crippen LogP contribution in [0.4, 0.5) is 0 Å². The number of likely N-dealkylation sites (N-methyl/N-ethyl adjacent to an activating group) is 1. The minimum absolute atomic E-state index is 0.223. The quantitative estimate of drug-likeness (QED) is 0.841. The third-order valence-corrected chi connectivity index (χ3v) is 5.50. The molecule has 3 atom stereocenters. The van der Waals surface area contributed by atoms with Crippen LogP contribution < -0.4 is 0 Å². The maximum absolute atomic E-state index is 12.7. The molecule has 5 nitrogen and oxygen atoms in total. The summed E-state index contributed by atoms with van der Waals surface area (Å²) in [6.07, 6.45) is 7.67. The number of amides is 1. The molecule has 0 radical (unpaired) electrons. The molecule has 2 aliphatic carbocycles. The van der Waals surface area contributed by atoms with Gasteiger partial charge in [-0.25, -0.2) is 4.98 Å². The Morgan fingerprint density at radius 2 is 2.10 bits per heavy atom. The van der Waals surface area contributed by atoms with Crippen molar-refractivity contribution in [2.45, 2.75) is 25.3 Å². The molecule has 0 spiro atoms. The highest BCUT2D eigenvalue weighted by Gasteiger charge is 2.52. The lowest BCUT2D eigenvalue weighted by Gasteiger charge is -2.39. The number of rotatable bonds is 3. The summed E-state index contributed by atoms with van der Waals surface area (Å²) < 4.78 is 2.07. The zero-order valence-corrected chi connectivity index (χ0v) is 12.9. The van der Waals surface area contributed by atoms with E-state index in [4.69, 9.17) is 0 Å². The highest BCUT2D eigenvalue weighted by atomic mass is 16.2. The summed E-state index contributed by atoms with van der Waals surface area (Å²) in [4.78, 5) is 21.6. The molecule has 114 valence electrons. The van der Waals surface area contributed by atoms with Crippen LogP contribution in [0, 0.1) is 17.8 Å². The average molecular weight is 288 g/mol. The van der Waals surface area contributed by atoms with Crippen molar-refractivity contribution in [3.05, 3.63) is 18.2 Å². The standard InChI is InChI=1S/C16H24N4O/c1-18-7-8-20(10-14(18)15-17-5-6-19(15)2)16(21)13-9-12(13)11-3-4-11/h5-6,11-14H,3-4,7-10H2,1-2H3/t12-,13-,14+/m1/s1. The number of carbonyl (C=O) groups is 1. The van der Waals surface area contributed by atoms with Crippen molar-refractivity contribution in [1.29, 1.82) is 0 Å². The van der Waals surface area contributed by atoms with Gasteiger partial charge in [-0.2, -0.15) is 0 Å². The summed E-state index contributed by atoms with van der Waals surface area (Å²) in [5.41, 5.74) is 0. The van der Waals surface area contributed by atoms with Crippen LogP contribution in [-0.2, 0) is 11.8 Å². The van der Waals surface area contributed by atoms with Gasteiger partial charge in [0.2, 0.25) is 5.91 Å². The van der Waals surface area contributed by atoms with E-state index in [0.717, 1.165) is 37.8 Å². The van der Waals surface area contributed by atoms with Crippen LogP contribution in [0.25, 0.3) is 0 Å². The van der Waals surface area contributed by atoms with Crippen molar-refractivity contribution in [3.63, 3.8) is 0 Å². The lowest BCUT2D eigenvalue weighted by molar-refractivity contribution is -0.136. The number of hydrogen-bond donors (Lipinski definition) is 0. The van der Waals surface area contributed by atoms with Crippen LogP contribution in [-0.4, -0.2) is 51.9 Å². The fraction of sp³-hybridized carbons (Fsp3) is 0.750. The minimum Gasteiger partial charge on any atom is -0.339 e. The lowest BCUT2D eigenvalue weighted by Crippen LogP contribution is -2.50. The van der Waals surface area contributed by atoms with Gasteiger partial charge in [-0.3, -0.25) is 9.69 Å². The SMILES string of the molecule is CN1CCN(C(=O)[C@@H]2C[C@@H]2C2CC2)C[C@H]1c1nccn1C. The molecule has 3 fully saturated rings. The molecule has 0 N–H and O–H groups in total. The Balaban J connectivity index is 1.45. The van der Waals surface area contributed by atoms with Gasteiger partial charge in [0.05, 0.1) is 6.04 Å². The maximum Gasteiger partial charge on any atom is 0.226 e. The second kappa shape index (κ2) is 4.83. The predicted octanol–water partition coefficient (Wildman–Crippen LogP) is 1.28. The third kappa shape index (κ3) is 2.37. The van der Waals surface area contributed by atoms with Gasteiger partial charge >= 0.3 is 0 Å². The molecule has 1 saturated heterocycles. The van der Waals surface area contributed by atoms with Crippen molar-refractivity contribution in [2.24, 2.45) is 24.8 Å². The number of aryl methyl sites for hydroxylation is 1. The zero-order chi connectivity index (χ0) is 14.6. The van der Waals surface area contributed by atoms with Crippen LogP contribution in [0.2, 0.25) is 0 Å². The Morgan fingerprint density at radius 1 is 1.29 bits per heavy atom. The molecule has 2 heterocycles. The molecule has 1 aromatic rings. The molecule has 1 aromatic heterocycles. The van der Waals surface area contributed by atoms with Gasteiger partial charge in [-0.05, 0) is 38.1 Å². The Morgan fingerprint density at radius 3 is 2.76 bits per heavy atom. The number of aromatic nitrogens is 2. The molecule has 0 bridgehead atoms. The maximum atomic E-state index is 12.7. The number of piperazine rings is 1. The first kappa shape index (κ1) is 13.3. The molecular weight excluding hydrogens is 264 g/mol. The van der Waals surface area contributed by atoms with E-state index in [1.165, 1.54) is 12.8 Å². The highest BCUT2D eigenvalue weighted by molar-refractivity contribution is 5.82. The molecule has 2 saturated carbocycles. The van der Waals surface area contributed by atoms with Crippen molar-refractivity contribution in [2.75, 3.05) is 26.7 Å². The van der Waals surface area contributed by atoms with Gasteiger partial charge in [0.15, 0.2) is 0 Å². The molecule has 0 aromatic carbocycles. The number of imidazole rings is 1. The summed E-state index contributed by atoms with van der Waals surface area (Å²) in [6.45, 7) is 2.59. The summed E-state index contributed by atoms with van der Waals surface area (Å²) in [5.74, 6) is 3.38. The topological polar surface area (TPSA) is 41.4 Å². The van der Waals surface area contributed by atoms with Gasteiger partial charge in [0, 0.05) is 45.0 Å². The predicted molar refractivity (Wildman–Crippen MR) is 79.5 cm³/mol. The van der Waals surface area contributed by atoms with Crippen LogP contribution in [0.1, 0.15) is 31.1 Å². The molecular formula is C16H24N4O. The average Bonchev–Trinajstić information content (AvgIpc) is 3.36. The van der Waals surface area contributed by atoms with E-state index in [1.807, 2.05) is 19.4 Å². The minimum atomic E-state index is 0.223. The lowest BCUT2D eigenvalue weighted by atomic mass is 10.1. The summed E-state index contributed by atoms with van der Waals surface area (Å²) >= 11 is 0. The third-order valence-electron chi connectivity index (χ3n) is 5.50. The van der Waals surface area contributed by atoms with E-state index in [0.29, 0.717) is 17.7 Å². The molecule has 0 unspecified atom stereocenters. The Kier molecular flexibility index (Phi) is 3.06. The molecule has 1 aliphatic heterocycles. The van der Waals surface area contributed by atoms with Gasteiger partial charge in [0.1, 0.15) is 5.82 Å². The number of nitrogens with zero attached hydrogens (tertiary/aromatic N) is 4. The van der Waals surface area contributed by atoms with E-state index in [1.54, 1.807) is 0 Å². The van der Waals surface area contributed by atoms with Gasteiger partial charge in [-0.1, -0.05) is 0 Å². The highest BCUT2D eigenvalue weighted by Crippen LogP contribution is 2.55. The van der Waals surface area contributed by atoms with E-state index in [9.17, 15) is 4.79 Å². The number of hydrogen-bond acceptors (Lipinski definition) is 3. The van der Waals surface area contributed by atoms with Gasteiger partial charge < -0.3 is 9.47 Å². The monoisotopic (exact) mass is 288 g/mol. The van der Waals surface area contributed by atoms with Crippen molar-refractivity contribution in [1.82, 2.24) is 19.4 Å². The van der Waals surface area contributed by atoms with E-state index >= 15 is 0 Å². The fourth-order valence-electron chi connectivity index (χ4n) is 3.83. The van der Waals surface area contributed by atoms with Crippen LogP contribution in [0.15, 0.2) is 12.4 Å².